The maximum atomic E-state index is 11.7. The van der Waals surface area contributed by atoms with E-state index in [4.69, 9.17) is 31.0 Å². The normalized spacial score (nSPS) is 25.1. The van der Waals surface area contributed by atoms with Gasteiger partial charge in [0.25, 0.3) is 0 Å². The minimum absolute atomic E-state index is 0.101. The Labute approximate surface area is 218 Å². The molecule has 0 saturated carbocycles. The molecule has 2 N–H and O–H groups in total. The Balaban J connectivity index is 1.42. The second kappa shape index (κ2) is 8.52. The number of aromatic carboxylic acids is 1. The summed E-state index contributed by atoms with van der Waals surface area (Å²) >= 11 is 5.92. The summed E-state index contributed by atoms with van der Waals surface area (Å²) in [5, 5.41) is 22.9. The van der Waals surface area contributed by atoms with E-state index in [1.54, 1.807) is 12.1 Å². The van der Waals surface area contributed by atoms with Crippen LogP contribution >= 0.6 is 11.6 Å². The van der Waals surface area contributed by atoms with E-state index in [1.807, 2.05) is 26.0 Å². The summed E-state index contributed by atoms with van der Waals surface area (Å²) in [4.78, 5) is 27.6. The Kier molecular flexibility index (Phi) is 5.49. The molecule has 0 radical (unpaired) electrons. The van der Waals surface area contributed by atoms with Crippen LogP contribution in [-0.4, -0.2) is 65.5 Å². The fraction of sp³-hybridized carbons (Fsp3) is 0.423. The first-order chi connectivity index (χ1) is 17.7. The molecule has 11 heteroatoms. The van der Waals surface area contributed by atoms with Gasteiger partial charge in [0.15, 0.2) is 17.2 Å². The molecule has 1 aromatic carbocycles. The Morgan fingerprint density at radius 2 is 1.84 bits per heavy atom. The summed E-state index contributed by atoms with van der Waals surface area (Å²) in [6.07, 6.45) is 0. The monoisotopic (exact) mass is 520 g/mol. The average molecular weight is 521 g/mol. The molecule has 190 valence electrons. The van der Waals surface area contributed by atoms with Crippen molar-refractivity contribution in [2.45, 2.75) is 19.9 Å². The van der Waals surface area contributed by atoms with Crippen molar-refractivity contribution < 1.29 is 19.4 Å². The number of rotatable bonds is 5. The number of ether oxygens (including phenoxy) is 2. The quantitative estimate of drug-likeness (QED) is 0.481. The van der Waals surface area contributed by atoms with Crippen molar-refractivity contribution in [3.63, 3.8) is 0 Å². The molecule has 0 aliphatic carbocycles. The van der Waals surface area contributed by atoms with Gasteiger partial charge in [-0.05, 0) is 37.6 Å². The first-order valence-corrected chi connectivity index (χ1v) is 12.4. The highest BCUT2D eigenvalue weighted by molar-refractivity contribution is 6.29. The van der Waals surface area contributed by atoms with E-state index in [-0.39, 0.29) is 33.4 Å². The zero-order valence-corrected chi connectivity index (χ0v) is 21.2. The SMILES string of the molecule is Cc1cc([C@@H](C)Nc2ccc(Cl)nc2C(=O)O)c2nc(N3CC45COCC4(COC5)C3)c(C#N)nc2c1. The number of pyridine rings is 1. The predicted molar refractivity (Wildman–Crippen MR) is 136 cm³/mol. The fourth-order valence-electron chi connectivity index (χ4n) is 6.01. The lowest BCUT2D eigenvalue weighted by Crippen LogP contribution is -2.38. The lowest BCUT2D eigenvalue weighted by Gasteiger charge is -2.25. The lowest BCUT2D eigenvalue weighted by atomic mass is 9.71. The van der Waals surface area contributed by atoms with Crippen LogP contribution in [0.4, 0.5) is 11.5 Å². The number of carboxylic acids is 1. The van der Waals surface area contributed by atoms with E-state index in [0.29, 0.717) is 62.1 Å². The van der Waals surface area contributed by atoms with Gasteiger partial charge < -0.3 is 24.8 Å². The van der Waals surface area contributed by atoms with Crippen molar-refractivity contribution in [1.29, 1.82) is 5.26 Å². The van der Waals surface area contributed by atoms with E-state index >= 15 is 0 Å². The third kappa shape index (κ3) is 3.69. The molecule has 0 unspecified atom stereocenters. The van der Waals surface area contributed by atoms with Crippen LogP contribution in [0.3, 0.4) is 0 Å². The number of halogens is 1. The predicted octanol–water partition coefficient (Wildman–Crippen LogP) is 3.58. The zero-order valence-electron chi connectivity index (χ0n) is 20.4. The molecule has 1 atom stereocenters. The highest BCUT2D eigenvalue weighted by atomic mass is 35.5. The smallest absolute Gasteiger partial charge is 0.356 e. The van der Waals surface area contributed by atoms with E-state index < -0.39 is 5.97 Å². The maximum Gasteiger partial charge on any atom is 0.356 e. The Morgan fingerprint density at radius 1 is 1.16 bits per heavy atom. The summed E-state index contributed by atoms with van der Waals surface area (Å²) in [6.45, 7) is 7.80. The highest BCUT2D eigenvalue weighted by Crippen LogP contribution is 2.55. The zero-order chi connectivity index (χ0) is 25.9. The number of aryl methyl sites for hydroxylation is 1. The number of hydrogen-bond acceptors (Lipinski definition) is 9. The van der Waals surface area contributed by atoms with Crippen molar-refractivity contribution in [3.05, 3.63) is 51.9 Å². The molecule has 2 aromatic heterocycles. The van der Waals surface area contributed by atoms with Gasteiger partial charge in [-0.3, -0.25) is 0 Å². The maximum absolute atomic E-state index is 11.7. The molecule has 10 nitrogen and oxygen atoms in total. The van der Waals surface area contributed by atoms with Crippen LogP contribution in [0.2, 0.25) is 5.15 Å². The van der Waals surface area contributed by atoms with Crippen LogP contribution in [0.25, 0.3) is 11.0 Å². The van der Waals surface area contributed by atoms with Crippen LogP contribution in [0.15, 0.2) is 24.3 Å². The minimum Gasteiger partial charge on any atom is -0.476 e. The molecule has 0 spiro atoms. The second-order valence-electron chi connectivity index (χ2n) is 10.3. The number of aromatic nitrogens is 3. The van der Waals surface area contributed by atoms with Crippen LogP contribution < -0.4 is 10.2 Å². The van der Waals surface area contributed by atoms with Crippen LogP contribution in [0, 0.1) is 29.1 Å². The molecule has 0 amide bonds. The highest BCUT2D eigenvalue weighted by Gasteiger charge is 2.65. The van der Waals surface area contributed by atoms with Crippen LogP contribution in [0.5, 0.6) is 0 Å². The van der Waals surface area contributed by atoms with Crippen molar-refractivity contribution >= 4 is 40.1 Å². The topological polar surface area (TPSA) is 133 Å². The van der Waals surface area contributed by atoms with Gasteiger partial charge in [0, 0.05) is 29.5 Å². The van der Waals surface area contributed by atoms with Crippen molar-refractivity contribution in [1.82, 2.24) is 15.0 Å². The number of hydrogen-bond donors (Lipinski definition) is 2. The summed E-state index contributed by atoms with van der Waals surface area (Å²) in [6, 6.07) is 8.96. The van der Waals surface area contributed by atoms with Crippen LogP contribution in [-0.2, 0) is 9.47 Å². The van der Waals surface area contributed by atoms with Crippen molar-refractivity contribution in [2.24, 2.45) is 10.8 Å². The molecule has 5 heterocycles. The number of carbonyl (C=O) groups is 1. The number of nitriles is 1. The van der Waals surface area contributed by atoms with Crippen molar-refractivity contribution in [3.8, 4) is 6.07 Å². The van der Waals surface area contributed by atoms with Gasteiger partial charge in [-0.2, -0.15) is 5.26 Å². The number of nitrogens with one attached hydrogen (secondary N) is 1. The van der Waals surface area contributed by atoms with Gasteiger partial charge in [-0.25, -0.2) is 19.7 Å². The summed E-state index contributed by atoms with van der Waals surface area (Å²) < 4.78 is 11.7. The lowest BCUT2D eigenvalue weighted by molar-refractivity contribution is 0.0691. The molecular formula is C26H25ClN6O4. The molecule has 3 saturated heterocycles. The summed E-state index contributed by atoms with van der Waals surface area (Å²) in [5.74, 6) is -0.620. The van der Waals surface area contributed by atoms with Gasteiger partial charge in [-0.1, -0.05) is 17.7 Å². The molecule has 6 rings (SSSR count). The Hall–Kier alpha value is -3.52. The third-order valence-electron chi connectivity index (χ3n) is 7.86. The molecule has 3 fully saturated rings. The van der Waals surface area contributed by atoms with E-state index in [1.165, 1.54) is 0 Å². The minimum atomic E-state index is -1.18. The fourth-order valence-corrected chi connectivity index (χ4v) is 6.16. The van der Waals surface area contributed by atoms with Gasteiger partial charge in [0.2, 0.25) is 0 Å². The largest absolute Gasteiger partial charge is 0.476 e. The molecular weight excluding hydrogens is 496 g/mol. The van der Waals surface area contributed by atoms with Gasteiger partial charge in [0.05, 0.1) is 49.2 Å². The molecule has 3 aliphatic heterocycles. The first kappa shape index (κ1) is 23.9. The van der Waals surface area contributed by atoms with E-state index in [9.17, 15) is 15.2 Å². The molecule has 3 aliphatic rings. The van der Waals surface area contributed by atoms with Gasteiger partial charge >= 0.3 is 5.97 Å². The third-order valence-corrected chi connectivity index (χ3v) is 8.07. The van der Waals surface area contributed by atoms with Crippen molar-refractivity contribution in [2.75, 3.05) is 49.7 Å². The number of fused-ring (bicyclic) bond motifs is 1. The second-order valence-corrected chi connectivity index (χ2v) is 10.7. The summed E-state index contributed by atoms with van der Waals surface area (Å²) in [5.41, 5.74) is 3.32. The average Bonchev–Trinajstić information content (AvgIpc) is 3.46. The van der Waals surface area contributed by atoms with Gasteiger partial charge in [0.1, 0.15) is 11.2 Å². The van der Waals surface area contributed by atoms with E-state index in [0.717, 1.165) is 11.1 Å². The molecule has 0 bridgehead atoms. The summed E-state index contributed by atoms with van der Waals surface area (Å²) in [7, 11) is 0. The Bertz CT molecular complexity index is 1460. The number of anilines is 2. The number of carboxylic acid groups (broad SMARTS) is 1. The molecule has 3 aromatic rings. The van der Waals surface area contributed by atoms with E-state index in [2.05, 4.69) is 21.3 Å². The van der Waals surface area contributed by atoms with Crippen LogP contribution in [0.1, 0.15) is 40.3 Å². The first-order valence-electron chi connectivity index (χ1n) is 12.0. The molecule has 37 heavy (non-hydrogen) atoms. The van der Waals surface area contributed by atoms with Gasteiger partial charge in [-0.15, -0.1) is 0 Å². The standard InChI is InChI=1S/C26H25ClN6O4/c1-14-5-16(15(2)29-17-3-4-20(27)31-22(17)24(34)35)21-18(6-14)30-19(7-28)23(32-21)33-8-25-10-36-12-26(25,9-33)13-37-11-25/h3-6,15,29H,8-13H2,1-2H3,(H,34,35)/t15-,25?,26?/m1/s1. The Morgan fingerprint density at radius 3 is 2.46 bits per heavy atom. The number of benzene rings is 1. The number of nitrogens with zero attached hydrogens (tertiary/aromatic N) is 5.